The molecular weight excluding hydrogens is 126 g/mol. The van der Waals surface area contributed by atoms with Crippen molar-refractivity contribution in [3.8, 4) is 5.75 Å². The Morgan fingerprint density at radius 3 is 3.20 bits per heavy atom. The molecule has 2 heteroatoms. The first kappa shape index (κ1) is 5.35. The van der Waals surface area contributed by atoms with Crippen LogP contribution in [0.2, 0.25) is 0 Å². The molecule has 0 unspecified atom stereocenters. The van der Waals surface area contributed by atoms with E-state index in [9.17, 15) is 0 Å². The van der Waals surface area contributed by atoms with E-state index in [-0.39, 0.29) is 0 Å². The molecule has 0 aliphatic rings. The monoisotopic (exact) mass is 132 g/mol. The van der Waals surface area contributed by atoms with Crippen molar-refractivity contribution < 1.29 is 5.11 Å². The van der Waals surface area contributed by atoms with Gasteiger partial charge in [0.2, 0.25) is 0 Å². The number of benzene rings is 1. The van der Waals surface area contributed by atoms with Crippen molar-refractivity contribution in [3.63, 3.8) is 0 Å². The first-order valence-electron chi connectivity index (χ1n) is 3.04. The molecule has 0 bridgehead atoms. The van der Waals surface area contributed by atoms with Crippen LogP contribution >= 0.6 is 0 Å². The molecule has 10 heavy (non-hydrogen) atoms. The number of aromatic nitrogens is 1. The van der Waals surface area contributed by atoms with Crippen LogP contribution < -0.4 is 0 Å². The van der Waals surface area contributed by atoms with Gasteiger partial charge in [0.15, 0.2) is 0 Å². The summed E-state index contributed by atoms with van der Waals surface area (Å²) in [5.41, 5.74) is 0. The van der Waals surface area contributed by atoms with E-state index in [0.717, 1.165) is 10.8 Å². The molecule has 2 N–H and O–H groups in total. The summed E-state index contributed by atoms with van der Waals surface area (Å²) < 4.78 is 0. The quantitative estimate of drug-likeness (QED) is 0.562. The Kier molecular flexibility index (Phi) is 0.947. The highest BCUT2D eigenvalue weighted by Gasteiger charge is 1.93. The van der Waals surface area contributed by atoms with Crippen LogP contribution in [0.5, 0.6) is 5.75 Å². The molecule has 0 aliphatic carbocycles. The zero-order valence-corrected chi connectivity index (χ0v) is 5.26. The Morgan fingerprint density at radius 1 is 1.40 bits per heavy atom. The highest BCUT2D eigenvalue weighted by Crippen LogP contribution is 2.17. The smallest absolute Gasteiger partial charge is 0.116 e. The second-order valence-electron chi connectivity index (χ2n) is 2.19. The number of phenolic OH excluding ortho intramolecular Hbond substituents is 1. The third-order valence-electron chi connectivity index (χ3n) is 1.47. The Balaban J connectivity index is 2.86. The number of rotatable bonds is 0. The van der Waals surface area contributed by atoms with Crippen molar-refractivity contribution in [2.75, 3.05) is 0 Å². The highest BCUT2D eigenvalue weighted by molar-refractivity contribution is 5.82. The van der Waals surface area contributed by atoms with Crippen molar-refractivity contribution in [2.24, 2.45) is 0 Å². The van der Waals surface area contributed by atoms with Gasteiger partial charge in [-0.05, 0) is 18.2 Å². The third-order valence-corrected chi connectivity index (χ3v) is 1.47. The molecule has 0 saturated carbocycles. The maximum absolute atomic E-state index is 9.02. The summed E-state index contributed by atoms with van der Waals surface area (Å²) in [6.45, 7) is 0. The van der Waals surface area contributed by atoms with Gasteiger partial charge in [0, 0.05) is 17.0 Å². The molecule has 0 atom stereocenters. The normalized spacial score (nSPS) is 10.4. The van der Waals surface area contributed by atoms with Gasteiger partial charge in [-0.2, -0.15) is 0 Å². The highest BCUT2D eigenvalue weighted by atomic mass is 16.3. The Hall–Kier alpha value is -1.44. The fraction of sp³-hybridized carbons (Fsp3) is 0. The minimum absolute atomic E-state index is 0.292. The molecule has 0 spiro atoms. The van der Waals surface area contributed by atoms with Crippen molar-refractivity contribution in [1.29, 1.82) is 0 Å². The lowest BCUT2D eigenvalue weighted by Gasteiger charge is -1.88. The number of hydrogen-bond acceptors (Lipinski definition) is 1. The molecule has 1 aromatic carbocycles. The van der Waals surface area contributed by atoms with Crippen LogP contribution in [0.4, 0.5) is 0 Å². The first-order valence-corrected chi connectivity index (χ1v) is 3.04. The average Bonchev–Trinajstić information content (AvgIpc) is 2.33. The fourth-order valence-electron chi connectivity index (χ4n) is 0.975. The van der Waals surface area contributed by atoms with E-state index in [1.807, 2.05) is 6.07 Å². The average molecular weight is 132 g/mol. The first-order chi connectivity index (χ1) is 4.86. The summed E-state index contributed by atoms with van der Waals surface area (Å²) in [5, 5.41) is 11.0. The molecule has 0 fully saturated rings. The van der Waals surface area contributed by atoms with Gasteiger partial charge in [-0.3, -0.25) is 0 Å². The van der Waals surface area contributed by atoms with E-state index < -0.39 is 0 Å². The number of H-pyrrole nitrogens is 1. The SMILES string of the molecule is Oc1ccc2[c][nH]cc2c1. The van der Waals surface area contributed by atoms with Gasteiger partial charge in [-0.15, -0.1) is 0 Å². The van der Waals surface area contributed by atoms with Crippen LogP contribution in [0.15, 0.2) is 24.4 Å². The van der Waals surface area contributed by atoms with E-state index in [2.05, 4.69) is 11.2 Å². The standard InChI is InChI=1S/C8H6NO/c10-8-2-1-6-4-9-5-7(6)3-8/h1-3,5,9-10H. The van der Waals surface area contributed by atoms with Gasteiger partial charge in [-0.25, -0.2) is 0 Å². The zero-order chi connectivity index (χ0) is 6.97. The van der Waals surface area contributed by atoms with E-state index in [0.29, 0.717) is 5.75 Å². The summed E-state index contributed by atoms with van der Waals surface area (Å²) in [5.74, 6) is 0.292. The van der Waals surface area contributed by atoms with E-state index in [4.69, 9.17) is 5.11 Å². The van der Waals surface area contributed by atoms with Crippen LogP contribution in [-0.2, 0) is 0 Å². The topological polar surface area (TPSA) is 36.0 Å². The van der Waals surface area contributed by atoms with Gasteiger partial charge in [-0.1, -0.05) is 0 Å². The summed E-state index contributed by atoms with van der Waals surface area (Å²) in [4.78, 5) is 2.83. The minimum Gasteiger partial charge on any atom is -0.508 e. The van der Waals surface area contributed by atoms with Crippen LogP contribution in [0.25, 0.3) is 10.8 Å². The number of fused-ring (bicyclic) bond motifs is 1. The maximum atomic E-state index is 9.02. The summed E-state index contributed by atoms with van der Waals surface area (Å²) in [6.07, 6.45) is 4.71. The van der Waals surface area contributed by atoms with Crippen LogP contribution in [-0.4, -0.2) is 10.1 Å². The molecule has 1 heterocycles. The van der Waals surface area contributed by atoms with Gasteiger partial charge in [0.25, 0.3) is 0 Å². The minimum atomic E-state index is 0.292. The van der Waals surface area contributed by atoms with Crippen LogP contribution in [0, 0.1) is 6.20 Å². The van der Waals surface area contributed by atoms with Gasteiger partial charge < -0.3 is 10.1 Å². The molecule has 2 rings (SSSR count). The van der Waals surface area contributed by atoms with E-state index in [1.54, 1.807) is 18.3 Å². The Bertz CT molecular complexity index is 351. The van der Waals surface area contributed by atoms with Crippen LogP contribution in [0.3, 0.4) is 0 Å². The molecule has 49 valence electrons. The van der Waals surface area contributed by atoms with Crippen molar-refractivity contribution in [3.05, 3.63) is 30.6 Å². The summed E-state index contributed by atoms with van der Waals surface area (Å²) >= 11 is 0. The van der Waals surface area contributed by atoms with Crippen molar-refractivity contribution >= 4 is 10.8 Å². The molecule has 1 aromatic heterocycles. The third kappa shape index (κ3) is 0.658. The number of nitrogens with one attached hydrogen (secondary N) is 1. The number of phenols is 1. The Labute approximate surface area is 58.1 Å². The van der Waals surface area contributed by atoms with Crippen molar-refractivity contribution in [1.82, 2.24) is 4.98 Å². The molecule has 2 nitrogen and oxygen atoms in total. The predicted octanol–water partition coefficient (Wildman–Crippen LogP) is 1.67. The largest absolute Gasteiger partial charge is 0.508 e. The maximum Gasteiger partial charge on any atom is 0.116 e. The summed E-state index contributed by atoms with van der Waals surface area (Å²) in [6, 6.07) is 5.16. The van der Waals surface area contributed by atoms with Gasteiger partial charge in [0.1, 0.15) is 5.75 Å². The number of hydrogen-bond donors (Lipinski definition) is 2. The number of aromatic hydroxyl groups is 1. The van der Waals surface area contributed by atoms with Gasteiger partial charge in [0.05, 0.1) is 6.20 Å². The lowest BCUT2D eigenvalue weighted by atomic mass is 10.2. The van der Waals surface area contributed by atoms with E-state index >= 15 is 0 Å². The zero-order valence-electron chi connectivity index (χ0n) is 5.26. The van der Waals surface area contributed by atoms with Gasteiger partial charge >= 0.3 is 0 Å². The fourth-order valence-corrected chi connectivity index (χ4v) is 0.975. The lowest BCUT2D eigenvalue weighted by Crippen LogP contribution is -1.63. The second-order valence-corrected chi connectivity index (χ2v) is 2.19. The molecule has 0 aliphatic heterocycles. The Morgan fingerprint density at radius 2 is 2.30 bits per heavy atom. The van der Waals surface area contributed by atoms with Crippen LogP contribution in [0.1, 0.15) is 0 Å². The second kappa shape index (κ2) is 1.77. The molecular formula is C8H6NO. The predicted molar refractivity (Wildman–Crippen MR) is 38.8 cm³/mol. The van der Waals surface area contributed by atoms with E-state index in [1.165, 1.54) is 0 Å². The molecule has 2 aromatic rings. The molecule has 0 saturated heterocycles. The molecule has 0 amide bonds. The number of aromatic amines is 1. The molecule has 1 radical (unpaired) electrons. The van der Waals surface area contributed by atoms with Crippen molar-refractivity contribution in [2.45, 2.75) is 0 Å². The summed E-state index contributed by atoms with van der Waals surface area (Å²) in [7, 11) is 0. The lowest BCUT2D eigenvalue weighted by molar-refractivity contribution is 0.476.